The van der Waals surface area contributed by atoms with E-state index >= 15 is 0 Å². The smallest absolute Gasteiger partial charge is 0.269 e. The number of anilines is 2. The normalized spacial score (nSPS) is 14.6. The summed E-state index contributed by atoms with van der Waals surface area (Å²) in [6.45, 7) is 1.58. The first-order chi connectivity index (χ1) is 14.2. The van der Waals surface area contributed by atoms with Crippen molar-refractivity contribution in [1.82, 2.24) is 0 Å². The fourth-order valence-corrected chi connectivity index (χ4v) is 4.75. The van der Waals surface area contributed by atoms with Crippen LogP contribution in [-0.4, -0.2) is 35.6 Å². The molecule has 0 spiro atoms. The molecular formula is C21H21N3O5S. The third kappa shape index (κ3) is 3.57. The number of ether oxygens (including phenoxy) is 2. The number of carbonyl (C=O) groups is 1. The van der Waals surface area contributed by atoms with Crippen LogP contribution in [0.5, 0.6) is 11.5 Å². The zero-order valence-corrected chi connectivity index (χ0v) is 17.8. The quantitative estimate of drug-likeness (QED) is 0.786. The van der Waals surface area contributed by atoms with Gasteiger partial charge in [-0.15, -0.1) is 0 Å². The van der Waals surface area contributed by atoms with Crippen molar-refractivity contribution in [3.63, 3.8) is 0 Å². The lowest BCUT2D eigenvalue weighted by Crippen LogP contribution is -2.36. The lowest BCUT2D eigenvalue weighted by Gasteiger charge is -2.30. The summed E-state index contributed by atoms with van der Waals surface area (Å²) in [5.41, 5.74) is 2.48. The lowest BCUT2D eigenvalue weighted by atomic mass is 10.0. The maximum Gasteiger partial charge on any atom is 0.269 e. The summed E-state index contributed by atoms with van der Waals surface area (Å²) in [5.74, 6) is 0.0698. The second-order valence-electron chi connectivity index (χ2n) is 6.64. The Balaban J connectivity index is 2.06. The molecule has 1 amide bonds. The van der Waals surface area contributed by atoms with E-state index in [9.17, 15) is 13.2 Å². The summed E-state index contributed by atoms with van der Waals surface area (Å²) in [7, 11) is 0.247. The molecule has 0 radical (unpaired) electrons. The number of nitrogens with one attached hydrogen (secondary N) is 1. The summed E-state index contributed by atoms with van der Waals surface area (Å²) < 4.78 is 37.9. The van der Waals surface area contributed by atoms with E-state index in [2.05, 4.69) is 5.32 Å². The topological polar surface area (TPSA) is 109 Å². The first-order valence-corrected chi connectivity index (χ1v) is 10.4. The average Bonchev–Trinajstić information content (AvgIpc) is 2.72. The molecule has 0 aromatic heterocycles. The van der Waals surface area contributed by atoms with Crippen LogP contribution < -0.4 is 19.1 Å². The van der Waals surface area contributed by atoms with Crippen molar-refractivity contribution < 1.29 is 22.7 Å². The predicted molar refractivity (Wildman–Crippen MR) is 114 cm³/mol. The SMILES string of the molecule is COc1cc2c(cc1OC)N(C)S(=O)(=O)C(C(=O)Nc1ccc(CC#N)cc1)=C2C. The number of nitrogens with zero attached hydrogens (tertiary/aromatic N) is 2. The molecule has 2 aromatic rings. The predicted octanol–water partition coefficient (Wildman–Crippen LogP) is 2.92. The second-order valence-corrected chi connectivity index (χ2v) is 8.54. The highest BCUT2D eigenvalue weighted by Crippen LogP contribution is 2.44. The fraction of sp³-hybridized carbons (Fsp3) is 0.238. The molecule has 156 valence electrons. The van der Waals surface area contributed by atoms with E-state index in [1.807, 2.05) is 6.07 Å². The molecule has 2 aromatic carbocycles. The number of hydrogen-bond donors (Lipinski definition) is 1. The van der Waals surface area contributed by atoms with Gasteiger partial charge in [-0.05, 0) is 36.3 Å². The number of methoxy groups -OCH3 is 2. The standard InChI is InChI=1S/C21H21N3O5S/c1-13-16-11-18(28-3)19(29-4)12-17(16)24(2)30(26,27)20(13)21(25)23-15-7-5-14(6-8-15)9-10-22/h5-8,11-12H,9H2,1-4H3,(H,23,25). The van der Waals surface area contributed by atoms with E-state index in [0.717, 1.165) is 9.87 Å². The number of nitriles is 1. The molecule has 0 aliphatic carbocycles. The van der Waals surface area contributed by atoms with Crippen LogP contribution in [0.1, 0.15) is 18.1 Å². The van der Waals surface area contributed by atoms with Crippen LogP contribution >= 0.6 is 0 Å². The Bertz CT molecular complexity index is 1180. The van der Waals surface area contributed by atoms with Gasteiger partial charge < -0.3 is 14.8 Å². The Morgan fingerprint density at radius 3 is 2.30 bits per heavy atom. The Morgan fingerprint density at radius 1 is 1.13 bits per heavy atom. The van der Waals surface area contributed by atoms with E-state index in [4.69, 9.17) is 14.7 Å². The molecule has 0 saturated carbocycles. The van der Waals surface area contributed by atoms with Crippen LogP contribution in [0.2, 0.25) is 0 Å². The van der Waals surface area contributed by atoms with E-state index in [0.29, 0.717) is 34.0 Å². The van der Waals surface area contributed by atoms with Gasteiger partial charge in [-0.1, -0.05) is 12.1 Å². The van der Waals surface area contributed by atoms with Gasteiger partial charge in [0.05, 0.1) is 32.4 Å². The first kappa shape index (κ1) is 21.2. The molecule has 1 N–H and O–H groups in total. The van der Waals surface area contributed by atoms with Gasteiger partial charge in [-0.2, -0.15) is 5.26 Å². The zero-order valence-electron chi connectivity index (χ0n) is 17.0. The number of carbonyl (C=O) groups excluding carboxylic acids is 1. The molecule has 3 rings (SSSR count). The Hall–Kier alpha value is -3.51. The monoisotopic (exact) mass is 427 g/mol. The number of hydrogen-bond acceptors (Lipinski definition) is 6. The van der Waals surface area contributed by atoms with Crippen molar-refractivity contribution in [2.75, 3.05) is 30.9 Å². The van der Waals surface area contributed by atoms with Crippen LogP contribution in [0.25, 0.3) is 5.57 Å². The molecule has 0 bridgehead atoms. The van der Waals surface area contributed by atoms with Crippen LogP contribution in [0.15, 0.2) is 41.3 Å². The number of rotatable bonds is 5. The molecular weight excluding hydrogens is 406 g/mol. The van der Waals surface area contributed by atoms with Crippen molar-refractivity contribution in [3.8, 4) is 17.6 Å². The van der Waals surface area contributed by atoms with Crippen molar-refractivity contribution in [3.05, 3.63) is 52.4 Å². The van der Waals surface area contributed by atoms with Crippen LogP contribution in [-0.2, 0) is 21.2 Å². The third-order valence-corrected chi connectivity index (χ3v) is 6.83. The van der Waals surface area contributed by atoms with Crippen molar-refractivity contribution >= 4 is 32.9 Å². The van der Waals surface area contributed by atoms with Crippen molar-refractivity contribution in [2.45, 2.75) is 13.3 Å². The number of benzene rings is 2. The van der Waals surface area contributed by atoms with Gasteiger partial charge in [-0.3, -0.25) is 9.10 Å². The fourth-order valence-electron chi connectivity index (χ4n) is 3.28. The summed E-state index contributed by atoms with van der Waals surface area (Å²) in [5, 5.41) is 11.4. The van der Waals surface area contributed by atoms with Gasteiger partial charge >= 0.3 is 0 Å². The minimum atomic E-state index is -4.08. The van der Waals surface area contributed by atoms with Crippen LogP contribution in [0.4, 0.5) is 11.4 Å². The molecule has 9 heteroatoms. The van der Waals surface area contributed by atoms with E-state index < -0.39 is 15.9 Å². The first-order valence-electron chi connectivity index (χ1n) is 8.98. The summed E-state index contributed by atoms with van der Waals surface area (Å²) in [4.78, 5) is 12.6. The molecule has 30 heavy (non-hydrogen) atoms. The number of allylic oxidation sites excluding steroid dienone is 1. The molecule has 1 aliphatic heterocycles. The van der Waals surface area contributed by atoms with Gasteiger partial charge in [-0.25, -0.2) is 8.42 Å². The summed E-state index contributed by atoms with van der Waals surface area (Å²) >= 11 is 0. The van der Waals surface area contributed by atoms with E-state index in [1.54, 1.807) is 43.3 Å². The number of fused-ring (bicyclic) bond motifs is 1. The second kappa shape index (κ2) is 8.08. The molecule has 0 unspecified atom stereocenters. The van der Waals surface area contributed by atoms with Gasteiger partial charge in [0, 0.05) is 24.4 Å². The minimum absolute atomic E-state index is 0.250. The Labute approximate surface area is 175 Å². The van der Waals surface area contributed by atoms with Crippen molar-refractivity contribution in [1.29, 1.82) is 5.26 Å². The maximum absolute atomic E-state index is 13.1. The van der Waals surface area contributed by atoms with E-state index in [1.165, 1.54) is 21.3 Å². The third-order valence-electron chi connectivity index (χ3n) is 4.91. The highest BCUT2D eigenvalue weighted by Gasteiger charge is 2.38. The van der Waals surface area contributed by atoms with Gasteiger partial charge in [0.1, 0.15) is 0 Å². The Kier molecular flexibility index (Phi) is 5.71. The molecule has 1 aliphatic rings. The summed E-state index contributed by atoms with van der Waals surface area (Å²) in [6, 6.07) is 11.9. The largest absolute Gasteiger partial charge is 0.493 e. The van der Waals surface area contributed by atoms with Gasteiger partial charge in [0.2, 0.25) is 0 Å². The maximum atomic E-state index is 13.1. The van der Waals surface area contributed by atoms with Crippen molar-refractivity contribution in [2.24, 2.45) is 0 Å². The molecule has 1 heterocycles. The number of amides is 1. The highest BCUT2D eigenvalue weighted by molar-refractivity contribution is 7.97. The molecule has 0 fully saturated rings. The average molecular weight is 427 g/mol. The molecule has 8 nitrogen and oxygen atoms in total. The molecule has 0 atom stereocenters. The zero-order chi connectivity index (χ0) is 22.1. The van der Waals surface area contributed by atoms with E-state index in [-0.39, 0.29) is 11.3 Å². The lowest BCUT2D eigenvalue weighted by molar-refractivity contribution is -0.112. The van der Waals surface area contributed by atoms with Crippen LogP contribution in [0, 0.1) is 11.3 Å². The van der Waals surface area contributed by atoms with Gasteiger partial charge in [0.15, 0.2) is 16.4 Å². The Morgan fingerprint density at radius 2 is 1.73 bits per heavy atom. The number of sulfonamides is 1. The van der Waals surface area contributed by atoms with Gasteiger partial charge in [0.25, 0.3) is 15.9 Å². The highest BCUT2D eigenvalue weighted by atomic mass is 32.2. The molecule has 0 saturated heterocycles. The minimum Gasteiger partial charge on any atom is -0.493 e. The van der Waals surface area contributed by atoms with Crippen LogP contribution in [0.3, 0.4) is 0 Å². The summed E-state index contributed by atoms with van der Waals surface area (Å²) in [6.07, 6.45) is 0.250.